The maximum absolute atomic E-state index is 12.4. The van der Waals surface area contributed by atoms with Crippen LogP contribution in [0.25, 0.3) is 11.1 Å². The third kappa shape index (κ3) is 2.31. The molecular weight excluding hydrogens is 231 g/mol. The van der Waals surface area contributed by atoms with Gasteiger partial charge in [0, 0.05) is 12.1 Å². The van der Waals surface area contributed by atoms with E-state index in [9.17, 15) is 13.2 Å². The standard InChI is InChI=1S/C11H10F3N3/c12-11(13,14)8-3-1-7(2-4-8)9-6-16-17-10(9)5-15/h1-4,6H,5,15H2,(H,16,17). The van der Waals surface area contributed by atoms with Crippen molar-refractivity contribution in [3.8, 4) is 11.1 Å². The number of nitrogens with zero attached hydrogens (tertiary/aromatic N) is 1. The molecule has 0 unspecified atom stereocenters. The van der Waals surface area contributed by atoms with E-state index in [2.05, 4.69) is 10.2 Å². The molecule has 0 saturated heterocycles. The number of H-pyrrole nitrogens is 1. The van der Waals surface area contributed by atoms with E-state index >= 15 is 0 Å². The molecule has 17 heavy (non-hydrogen) atoms. The number of hydrogen-bond donors (Lipinski definition) is 2. The summed E-state index contributed by atoms with van der Waals surface area (Å²) in [5.41, 5.74) is 6.89. The Balaban J connectivity index is 2.36. The van der Waals surface area contributed by atoms with Crippen LogP contribution in [-0.4, -0.2) is 10.2 Å². The Kier molecular flexibility index (Phi) is 2.89. The van der Waals surface area contributed by atoms with E-state index in [0.29, 0.717) is 11.3 Å². The van der Waals surface area contributed by atoms with E-state index in [1.165, 1.54) is 12.1 Å². The lowest BCUT2D eigenvalue weighted by atomic mass is 10.0. The molecule has 90 valence electrons. The van der Waals surface area contributed by atoms with Gasteiger partial charge in [0.25, 0.3) is 0 Å². The predicted octanol–water partition coefficient (Wildman–Crippen LogP) is 2.55. The summed E-state index contributed by atoms with van der Waals surface area (Å²) in [4.78, 5) is 0. The lowest BCUT2D eigenvalue weighted by Crippen LogP contribution is -2.04. The topological polar surface area (TPSA) is 54.7 Å². The van der Waals surface area contributed by atoms with Crippen molar-refractivity contribution in [3.05, 3.63) is 41.7 Å². The number of halogens is 3. The van der Waals surface area contributed by atoms with E-state index in [-0.39, 0.29) is 6.54 Å². The summed E-state index contributed by atoms with van der Waals surface area (Å²) < 4.78 is 37.1. The van der Waals surface area contributed by atoms with Crippen molar-refractivity contribution < 1.29 is 13.2 Å². The average molecular weight is 241 g/mol. The largest absolute Gasteiger partial charge is 0.416 e. The molecule has 0 amide bonds. The Labute approximate surface area is 95.5 Å². The minimum atomic E-state index is -4.31. The number of nitrogens with two attached hydrogens (primary N) is 1. The Hall–Kier alpha value is -1.82. The Morgan fingerprint density at radius 1 is 1.18 bits per heavy atom. The molecule has 3 nitrogen and oxygen atoms in total. The van der Waals surface area contributed by atoms with Crippen molar-refractivity contribution in [1.82, 2.24) is 10.2 Å². The molecule has 1 heterocycles. The molecule has 2 rings (SSSR count). The summed E-state index contributed by atoms with van der Waals surface area (Å²) in [7, 11) is 0. The van der Waals surface area contributed by atoms with Crippen molar-refractivity contribution in [2.45, 2.75) is 12.7 Å². The quantitative estimate of drug-likeness (QED) is 0.848. The van der Waals surface area contributed by atoms with Crippen LogP contribution in [0, 0.1) is 0 Å². The van der Waals surface area contributed by atoms with Crippen LogP contribution in [-0.2, 0) is 12.7 Å². The monoisotopic (exact) mass is 241 g/mol. The van der Waals surface area contributed by atoms with Crippen molar-refractivity contribution in [2.75, 3.05) is 0 Å². The van der Waals surface area contributed by atoms with Gasteiger partial charge < -0.3 is 5.73 Å². The zero-order chi connectivity index (χ0) is 12.5. The number of rotatable bonds is 2. The molecule has 0 fully saturated rings. The van der Waals surface area contributed by atoms with Crippen LogP contribution >= 0.6 is 0 Å². The lowest BCUT2D eigenvalue weighted by molar-refractivity contribution is -0.137. The Morgan fingerprint density at radius 3 is 2.35 bits per heavy atom. The fourth-order valence-electron chi connectivity index (χ4n) is 1.56. The Morgan fingerprint density at radius 2 is 1.82 bits per heavy atom. The Bertz CT molecular complexity index is 499. The molecule has 0 spiro atoms. The van der Waals surface area contributed by atoms with Crippen LogP contribution < -0.4 is 5.73 Å². The van der Waals surface area contributed by atoms with Gasteiger partial charge in [-0.15, -0.1) is 0 Å². The van der Waals surface area contributed by atoms with Crippen molar-refractivity contribution in [2.24, 2.45) is 5.73 Å². The number of aromatic nitrogens is 2. The summed E-state index contributed by atoms with van der Waals surface area (Å²) in [5.74, 6) is 0. The van der Waals surface area contributed by atoms with Crippen LogP contribution in [0.15, 0.2) is 30.5 Å². The highest BCUT2D eigenvalue weighted by Gasteiger charge is 2.30. The van der Waals surface area contributed by atoms with Gasteiger partial charge in [0.05, 0.1) is 17.5 Å². The number of aromatic amines is 1. The van der Waals surface area contributed by atoms with E-state index in [1.54, 1.807) is 6.20 Å². The smallest absolute Gasteiger partial charge is 0.325 e. The SMILES string of the molecule is NCc1[nH]ncc1-c1ccc(C(F)(F)F)cc1. The summed E-state index contributed by atoms with van der Waals surface area (Å²) in [5, 5.41) is 6.51. The van der Waals surface area contributed by atoms with E-state index in [4.69, 9.17) is 5.73 Å². The fourth-order valence-corrected chi connectivity index (χ4v) is 1.56. The number of hydrogen-bond acceptors (Lipinski definition) is 2. The molecule has 2 aromatic rings. The van der Waals surface area contributed by atoms with Gasteiger partial charge in [-0.25, -0.2) is 0 Å². The van der Waals surface area contributed by atoms with Crippen molar-refractivity contribution in [3.63, 3.8) is 0 Å². The predicted molar refractivity (Wildman–Crippen MR) is 56.9 cm³/mol. The van der Waals surface area contributed by atoms with Crippen LogP contribution in [0.3, 0.4) is 0 Å². The first-order chi connectivity index (χ1) is 8.02. The van der Waals surface area contributed by atoms with Gasteiger partial charge in [-0.1, -0.05) is 12.1 Å². The van der Waals surface area contributed by atoms with Gasteiger partial charge in [-0.3, -0.25) is 5.10 Å². The van der Waals surface area contributed by atoms with Gasteiger partial charge in [0.1, 0.15) is 0 Å². The second-order valence-electron chi connectivity index (χ2n) is 3.54. The molecule has 1 aromatic carbocycles. The zero-order valence-corrected chi connectivity index (χ0v) is 8.75. The minimum Gasteiger partial charge on any atom is -0.325 e. The van der Waals surface area contributed by atoms with Gasteiger partial charge in [0.15, 0.2) is 0 Å². The lowest BCUT2D eigenvalue weighted by Gasteiger charge is -2.07. The second-order valence-corrected chi connectivity index (χ2v) is 3.54. The van der Waals surface area contributed by atoms with E-state index in [1.807, 2.05) is 0 Å². The molecule has 1 aromatic heterocycles. The van der Waals surface area contributed by atoms with E-state index < -0.39 is 11.7 Å². The maximum Gasteiger partial charge on any atom is 0.416 e. The highest BCUT2D eigenvalue weighted by Crippen LogP contribution is 2.31. The summed E-state index contributed by atoms with van der Waals surface area (Å²) >= 11 is 0. The first-order valence-electron chi connectivity index (χ1n) is 4.92. The van der Waals surface area contributed by atoms with Gasteiger partial charge in [0.2, 0.25) is 0 Å². The third-order valence-electron chi connectivity index (χ3n) is 2.45. The zero-order valence-electron chi connectivity index (χ0n) is 8.75. The molecule has 0 aliphatic carbocycles. The van der Waals surface area contributed by atoms with Crippen molar-refractivity contribution in [1.29, 1.82) is 0 Å². The molecule has 0 bridgehead atoms. The van der Waals surface area contributed by atoms with Gasteiger partial charge in [-0.05, 0) is 17.7 Å². The third-order valence-corrected chi connectivity index (χ3v) is 2.45. The molecule has 0 radical (unpaired) electrons. The maximum atomic E-state index is 12.4. The molecule has 0 aliphatic heterocycles. The second kappa shape index (κ2) is 4.21. The molecule has 3 N–H and O–H groups in total. The first-order valence-corrected chi connectivity index (χ1v) is 4.92. The highest BCUT2D eigenvalue weighted by molar-refractivity contribution is 5.65. The van der Waals surface area contributed by atoms with Gasteiger partial charge >= 0.3 is 6.18 Å². The molecular formula is C11H10F3N3. The molecule has 0 saturated carbocycles. The fraction of sp³-hybridized carbons (Fsp3) is 0.182. The van der Waals surface area contributed by atoms with Crippen molar-refractivity contribution >= 4 is 0 Å². The molecule has 6 heteroatoms. The first kappa shape index (κ1) is 11.7. The number of nitrogens with one attached hydrogen (secondary N) is 1. The van der Waals surface area contributed by atoms with Crippen LogP contribution in [0.4, 0.5) is 13.2 Å². The summed E-state index contributed by atoms with van der Waals surface area (Å²) in [6.45, 7) is 0.260. The molecule has 0 atom stereocenters. The molecule has 0 aliphatic rings. The van der Waals surface area contributed by atoms with Crippen LogP contribution in [0.2, 0.25) is 0 Å². The highest BCUT2D eigenvalue weighted by atomic mass is 19.4. The minimum absolute atomic E-state index is 0.260. The summed E-state index contributed by atoms with van der Waals surface area (Å²) in [6, 6.07) is 4.91. The summed E-state index contributed by atoms with van der Waals surface area (Å²) in [6.07, 6.45) is -2.77. The normalized spacial score (nSPS) is 11.8. The van der Waals surface area contributed by atoms with E-state index in [0.717, 1.165) is 17.7 Å². The van der Waals surface area contributed by atoms with Gasteiger partial charge in [-0.2, -0.15) is 18.3 Å². The number of alkyl halides is 3. The number of benzene rings is 1. The average Bonchev–Trinajstić information content (AvgIpc) is 2.76. The van der Waals surface area contributed by atoms with Crippen LogP contribution in [0.5, 0.6) is 0 Å². The van der Waals surface area contributed by atoms with Crippen LogP contribution in [0.1, 0.15) is 11.3 Å².